The molecule has 52 heavy (non-hydrogen) atoms. The molecule has 6 aromatic rings. The summed E-state index contributed by atoms with van der Waals surface area (Å²) in [6.45, 7) is 11.0. The lowest BCUT2D eigenvalue weighted by Crippen LogP contribution is -2.18. The van der Waals surface area contributed by atoms with Crippen LogP contribution < -0.4 is 0 Å². The quantitative estimate of drug-likeness (QED) is 0.107. The van der Waals surface area contributed by atoms with E-state index in [-0.39, 0.29) is 5.41 Å². The predicted molar refractivity (Wildman–Crippen MR) is 220 cm³/mol. The molecule has 5 aromatic carbocycles. The normalized spacial score (nSPS) is 13.5. The molecule has 0 bridgehead atoms. The summed E-state index contributed by atoms with van der Waals surface area (Å²) in [5.41, 5.74) is 13.2. The number of allylic oxidation sites excluding steroid dienone is 6. The smallest absolute Gasteiger partial charge is 0.160 e. The topological polar surface area (TPSA) is 38.1 Å². The Kier molecular flexibility index (Phi) is 10.1. The maximum atomic E-state index is 5.13. The van der Waals surface area contributed by atoms with Crippen LogP contribution in [0.15, 0.2) is 181 Å². The van der Waals surface area contributed by atoms with Crippen molar-refractivity contribution >= 4 is 22.6 Å². The summed E-state index contributed by atoms with van der Waals surface area (Å²) in [6.07, 6.45) is 10.7. The van der Waals surface area contributed by atoms with Crippen LogP contribution in [0.3, 0.4) is 0 Å². The monoisotopic (exact) mass is 673 g/mol. The predicted octanol–water partition coefficient (Wildman–Crippen LogP) is 12.4. The van der Waals surface area contributed by atoms with Crippen molar-refractivity contribution in [3.8, 4) is 22.5 Å². The zero-order valence-corrected chi connectivity index (χ0v) is 30.1. The molecule has 1 aliphatic rings. The highest BCUT2D eigenvalue weighted by Crippen LogP contribution is 2.35. The lowest BCUT2D eigenvalue weighted by atomic mass is 9.77. The van der Waals surface area contributed by atoms with Crippen LogP contribution in [0.1, 0.15) is 67.3 Å². The van der Waals surface area contributed by atoms with E-state index in [0.29, 0.717) is 0 Å². The van der Waals surface area contributed by atoms with E-state index >= 15 is 0 Å². The van der Waals surface area contributed by atoms with E-state index in [2.05, 4.69) is 155 Å². The molecule has 1 aromatic heterocycles. The van der Waals surface area contributed by atoms with Crippen LogP contribution in [-0.4, -0.2) is 15.7 Å². The van der Waals surface area contributed by atoms with Crippen molar-refractivity contribution in [2.75, 3.05) is 0 Å². The van der Waals surface area contributed by atoms with Gasteiger partial charge in [0.15, 0.2) is 5.82 Å². The van der Waals surface area contributed by atoms with Gasteiger partial charge in [-0.1, -0.05) is 178 Å². The van der Waals surface area contributed by atoms with E-state index in [0.717, 1.165) is 80.4 Å². The van der Waals surface area contributed by atoms with Gasteiger partial charge in [-0.05, 0) is 59.7 Å². The van der Waals surface area contributed by atoms with Crippen molar-refractivity contribution in [1.29, 1.82) is 0 Å². The van der Waals surface area contributed by atoms with Gasteiger partial charge in [0.05, 0.1) is 17.1 Å². The van der Waals surface area contributed by atoms with Gasteiger partial charge in [0.25, 0.3) is 0 Å². The molecule has 0 radical (unpaired) electrons. The minimum atomic E-state index is -0.235. The molecule has 0 atom stereocenters. The van der Waals surface area contributed by atoms with Crippen LogP contribution in [0, 0.1) is 0 Å². The SMILES string of the molecule is C=C(/C=C(\N=C(/C)c1ccccc1)c1ccc(C(C)(C)c2ccc(-c3cc(-c4ccccc4)nc(C4=CCCC=C4)n3)cc2)cc1)c1ccccc1. The Hall–Kier alpha value is -6.19. The van der Waals surface area contributed by atoms with Crippen molar-refractivity contribution < 1.29 is 0 Å². The minimum absolute atomic E-state index is 0.235. The molecule has 0 saturated heterocycles. The van der Waals surface area contributed by atoms with Crippen LogP contribution in [0.2, 0.25) is 0 Å². The molecule has 0 spiro atoms. The Morgan fingerprint density at radius 2 is 1.17 bits per heavy atom. The number of hydrogen-bond acceptors (Lipinski definition) is 3. The van der Waals surface area contributed by atoms with Crippen molar-refractivity contribution in [2.45, 2.75) is 39.0 Å². The van der Waals surface area contributed by atoms with E-state index in [1.807, 2.05) is 42.5 Å². The highest BCUT2D eigenvalue weighted by molar-refractivity contribution is 6.02. The van der Waals surface area contributed by atoms with Gasteiger partial charge in [-0.25, -0.2) is 9.97 Å². The van der Waals surface area contributed by atoms with Crippen molar-refractivity contribution in [2.24, 2.45) is 4.99 Å². The van der Waals surface area contributed by atoms with Gasteiger partial charge in [0.1, 0.15) is 0 Å². The van der Waals surface area contributed by atoms with E-state index < -0.39 is 0 Å². The maximum Gasteiger partial charge on any atom is 0.160 e. The van der Waals surface area contributed by atoms with Crippen molar-refractivity contribution in [3.05, 3.63) is 210 Å². The average Bonchev–Trinajstić information content (AvgIpc) is 3.21. The van der Waals surface area contributed by atoms with Gasteiger partial charge in [0, 0.05) is 33.4 Å². The molecule has 3 nitrogen and oxygen atoms in total. The zero-order valence-electron chi connectivity index (χ0n) is 30.1. The molecule has 0 fully saturated rings. The number of aromatic nitrogens is 2. The molecular weight excluding hydrogens is 631 g/mol. The second-order valence-corrected chi connectivity index (χ2v) is 13.7. The first-order valence-corrected chi connectivity index (χ1v) is 18.0. The Morgan fingerprint density at radius 3 is 1.75 bits per heavy atom. The standard InChI is InChI=1S/C49H43N3/c1-35(37-17-9-5-10-18-37)33-45(50-36(2)38-19-11-6-12-20-38)40-25-29-43(30-26-40)49(3,4)44-31-27-41(28-32-44)47-34-46(39-21-13-7-14-22-39)51-48(52-47)42-23-15-8-16-24-42/h5-7,9-15,17-34H,1,8,16H2,2-4H3/b45-33-,50-36+. The largest absolute Gasteiger partial charge is 0.252 e. The van der Waals surface area contributed by atoms with E-state index in [9.17, 15) is 0 Å². The second-order valence-electron chi connectivity index (χ2n) is 13.7. The van der Waals surface area contributed by atoms with Gasteiger partial charge in [-0.15, -0.1) is 0 Å². The van der Waals surface area contributed by atoms with Gasteiger partial charge in [-0.2, -0.15) is 0 Å². The summed E-state index contributed by atoms with van der Waals surface area (Å²) in [6, 6.07) is 50.7. The molecule has 3 heteroatoms. The molecule has 0 N–H and O–H groups in total. The Labute approximate surface area is 308 Å². The summed E-state index contributed by atoms with van der Waals surface area (Å²) < 4.78 is 0. The summed E-state index contributed by atoms with van der Waals surface area (Å²) >= 11 is 0. The average molecular weight is 674 g/mol. The third kappa shape index (κ3) is 7.75. The Bertz CT molecular complexity index is 2290. The first-order valence-electron chi connectivity index (χ1n) is 18.0. The van der Waals surface area contributed by atoms with Crippen LogP contribution in [-0.2, 0) is 5.41 Å². The van der Waals surface area contributed by atoms with Crippen molar-refractivity contribution in [3.63, 3.8) is 0 Å². The fourth-order valence-corrected chi connectivity index (χ4v) is 6.55. The van der Waals surface area contributed by atoms with Crippen LogP contribution in [0.25, 0.3) is 39.4 Å². The molecule has 0 aliphatic heterocycles. The highest BCUT2D eigenvalue weighted by Gasteiger charge is 2.24. The number of rotatable bonds is 10. The fraction of sp³-hybridized carbons (Fsp3) is 0.122. The first-order chi connectivity index (χ1) is 25.3. The molecule has 1 aliphatic carbocycles. The van der Waals surface area contributed by atoms with Gasteiger partial charge in [0.2, 0.25) is 0 Å². The van der Waals surface area contributed by atoms with E-state index in [4.69, 9.17) is 15.0 Å². The van der Waals surface area contributed by atoms with E-state index in [1.165, 1.54) is 11.1 Å². The fourth-order valence-electron chi connectivity index (χ4n) is 6.55. The van der Waals surface area contributed by atoms with Crippen molar-refractivity contribution in [1.82, 2.24) is 9.97 Å². The minimum Gasteiger partial charge on any atom is -0.252 e. The lowest BCUT2D eigenvalue weighted by Gasteiger charge is -2.26. The number of nitrogens with zero attached hydrogens (tertiary/aromatic N) is 3. The number of hydrogen-bond donors (Lipinski definition) is 0. The Balaban J connectivity index is 1.19. The first kappa shape index (κ1) is 34.3. The molecule has 0 saturated carbocycles. The van der Waals surface area contributed by atoms with Gasteiger partial charge in [-0.3, -0.25) is 4.99 Å². The molecule has 7 rings (SSSR count). The second kappa shape index (κ2) is 15.4. The third-order valence-electron chi connectivity index (χ3n) is 9.79. The van der Waals surface area contributed by atoms with Gasteiger partial charge < -0.3 is 0 Å². The van der Waals surface area contributed by atoms with Gasteiger partial charge >= 0.3 is 0 Å². The zero-order chi connectivity index (χ0) is 35.9. The molecule has 0 amide bonds. The molecular formula is C49H43N3. The molecule has 0 unspecified atom stereocenters. The third-order valence-corrected chi connectivity index (χ3v) is 9.79. The number of aliphatic imine (C=N–C) groups is 1. The molecule has 254 valence electrons. The summed E-state index contributed by atoms with van der Waals surface area (Å²) in [4.78, 5) is 15.2. The highest BCUT2D eigenvalue weighted by atomic mass is 14.9. The Morgan fingerprint density at radius 1 is 0.635 bits per heavy atom. The lowest BCUT2D eigenvalue weighted by molar-refractivity contribution is 0.641. The number of benzene rings is 5. The summed E-state index contributed by atoms with van der Waals surface area (Å²) in [5.74, 6) is 0.765. The van der Waals surface area contributed by atoms with Crippen LogP contribution in [0.5, 0.6) is 0 Å². The maximum absolute atomic E-state index is 5.13. The summed E-state index contributed by atoms with van der Waals surface area (Å²) in [7, 11) is 0. The summed E-state index contributed by atoms with van der Waals surface area (Å²) in [5, 5.41) is 0. The van der Waals surface area contributed by atoms with Crippen LogP contribution >= 0.6 is 0 Å². The van der Waals surface area contributed by atoms with Crippen LogP contribution in [0.4, 0.5) is 0 Å². The van der Waals surface area contributed by atoms with E-state index in [1.54, 1.807) is 0 Å². The molecule has 1 heterocycles.